The Morgan fingerprint density at radius 1 is 1.00 bits per heavy atom. The second-order valence-corrected chi connectivity index (χ2v) is 4.03. The second kappa shape index (κ2) is 4.29. The number of carbonyl (C=O) groups is 1. The van der Waals surface area contributed by atoms with Gasteiger partial charge in [0.05, 0.1) is 0 Å². The molecule has 0 spiro atoms. The van der Waals surface area contributed by atoms with Gasteiger partial charge in [-0.1, -0.05) is 12.1 Å². The monoisotopic (exact) mass is 226 g/mol. The molecular formula is C14H14N2O. The minimum Gasteiger partial charge on any atom is -0.399 e. The van der Waals surface area contributed by atoms with Gasteiger partial charge in [0.1, 0.15) is 0 Å². The minimum atomic E-state index is -0.0413. The van der Waals surface area contributed by atoms with Crippen molar-refractivity contribution >= 4 is 17.2 Å². The molecule has 0 aliphatic heterocycles. The van der Waals surface area contributed by atoms with Gasteiger partial charge in [0.25, 0.3) is 0 Å². The van der Waals surface area contributed by atoms with Crippen molar-refractivity contribution in [1.82, 2.24) is 0 Å². The Morgan fingerprint density at radius 3 is 2.35 bits per heavy atom. The van der Waals surface area contributed by atoms with Gasteiger partial charge in [-0.15, -0.1) is 0 Å². The molecule has 0 aliphatic carbocycles. The number of aryl methyl sites for hydroxylation is 1. The predicted molar refractivity (Wildman–Crippen MR) is 69.9 cm³/mol. The van der Waals surface area contributed by atoms with Crippen LogP contribution >= 0.6 is 0 Å². The standard InChI is InChI=1S/C14H14N2O/c1-9-7-11(5-6-13(9)16)14(17)10-3-2-4-12(15)8-10/h2-8H,15-16H2,1H3. The summed E-state index contributed by atoms with van der Waals surface area (Å²) in [5.74, 6) is -0.0413. The maximum Gasteiger partial charge on any atom is 0.193 e. The largest absolute Gasteiger partial charge is 0.399 e. The van der Waals surface area contributed by atoms with E-state index < -0.39 is 0 Å². The van der Waals surface area contributed by atoms with Gasteiger partial charge in [0.2, 0.25) is 0 Å². The Bertz CT molecular complexity index is 576. The zero-order valence-corrected chi connectivity index (χ0v) is 9.60. The van der Waals surface area contributed by atoms with E-state index in [4.69, 9.17) is 11.5 Å². The zero-order valence-electron chi connectivity index (χ0n) is 9.60. The van der Waals surface area contributed by atoms with Gasteiger partial charge in [-0.2, -0.15) is 0 Å². The summed E-state index contributed by atoms with van der Waals surface area (Å²) in [5, 5.41) is 0. The maximum atomic E-state index is 12.2. The average Bonchev–Trinajstić information content (AvgIpc) is 2.32. The van der Waals surface area contributed by atoms with Gasteiger partial charge in [0.15, 0.2) is 5.78 Å². The quantitative estimate of drug-likeness (QED) is 0.610. The number of benzene rings is 2. The highest BCUT2D eigenvalue weighted by molar-refractivity contribution is 6.09. The summed E-state index contributed by atoms with van der Waals surface area (Å²) < 4.78 is 0. The Kier molecular flexibility index (Phi) is 2.83. The number of hydrogen-bond acceptors (Lipinski definition) is 3. The second-order valence-electron chi connectivity index (χ2n) is 4.03. The number of anilines is 2. The predicted octanol–water partition coefficient (Wildman–Crippen LogP) is 2.39. The molecule has 0 bridgehead atoms. The molecular weight excluding hydrogens is 212 g/mol. The molecule has 0 radical (unpaired) electrons. The van der Waals surface area contributed by atoms with Gasteiger partial charge >= 0.3 is 0 Å². The lowest BCUT2D eigenvalue weighted by atomic mass is 10.0. The molecule has 0 amide bonds. The molecule has 86 valence electrons. The van der Waals surface area contributed by atoms with Gasteiger partial charge in [0, 0.05) is 22.5 Å². The fourth-order valence-electron chi connectivity index (χ4n) is 1.66. The van der Waals surface area contributed by atoms with Gasteiger partial charge in [-0.3, -0.25) is 4.79 Å². The van der Waals surface area contributed by atoms with E-state index in [1.54, 1.807) is 42.5 Å². The van der Waals surface area contributed by atoms with Crippen LogP contribution in [0.4, 0.5) is 11.4 Å². The van der Waals surface area contributed by atoms with Crippen molar-refractivity contribution in [1.29, 1.82) is 0 Å². The van der Waals surface area contributed by atoms with Crippen LogP contribution in [-0.4, -0.2) is 5.78 Å². The zero-order chi connectivity index (χ0) is 12.4. The minimum absolute atomic E-state index is 0.0413. The molecule has 0 heterocycles. The fraction of sp³-hybridized carbons (Fsp3) is 0.0714. The summed E-state index contributed by atoms with van der Waals surface area (Å²) in [5.41, 5.74) is 14.8. The van der Waals surface area contributed by atoms with Crippen LogP contribution in [0.15, 0.2) is 42.5 Å². The SMILES string of the molecule is Cc1cc(C(=O)c2cccc(N)c2)ccc1N. The topological polar surface area (TPSA) is 69.1 Å². The third-order valence-electron chi connectivity index (χ3n) is 2.68. The molecule has 3 nitrogen and oxygen atoms in total. The lowest BCUT2D eigenvalue weighted by Gasteiger charge is -2.05. The van der Waals surface area contributed by atoms with Crippen LogP contribution in [0, 0.1) is 6.92 Å². The number of hydrogen-bond donors (Lipinski definition) is 2. The molecule has 0 saturated heterocycles. The summed E-state index contributed by atoms with van der Waals surface area (Å²) in [6, 6.07) is 12.2. The molecule has 2 rings (SSSR count). The molecule has 0 aromatic heterocycles. The highest BCUT2D eigenvalue weighted by Crippen LogP contribution is 2.17. The summed E-state index contributed by atoms with van der Waals surface area (Å²) in [4.78, 5) is 12.2. The molecule has 0 aliphatic rings. The molecule has 0 atom stereocenters. The first-order valence-electron chi connectivity index (χ1n) is 5.34. The number of nitrogen functional groups attached to an aromatic ring is 2. The van der Waals surface area contributed by atoms with Crippen molar-refractivity contribution in [3.8, 4) is 0 Å². The van der Waals surface area contributed by atoms with E-state index in [0.29, 0.717) is 22.5 Å². The normalized spacial score (nSPS) is 10.2. The van der Waals surface area contributed by atoms with E-state index in [1.807, 2.05) is 6.92 Å². The number of ketones is 1. The van der Waals surface area contributed by atoms with Crippen LogP contribution < -0.4 is 11.5 Å². The number of carbonyl (C=O) groups excluding carboxylic acids is 1. The summed E-state index contributed by atoms with van der Waals surface area (Å²) in [7, 11) is 0. The van der Waals surface area contributed by atoms with Crippen LogP contribution in [0.3, 0.4) is 0 Å². The molecule has 17 heavy (non-hydrogen) atoms. The molecule has 0 saturated carbocycles. The molecule has 2 aromatic rings. The van der Waals surface area contributed by atoms with E-state index in [0.717, 1.165) is 5.56 Å². The van der Waals surface area contributed by atoms with Crippen molar-refractivity contribution in [2.24, 2.45) is 0 Å². The van der Waals surface area contributed by atoms with Crippen LogP contribution in [-0.2, 0) is 0 Å². The van der Waals surface area contributed by atoms with E-state index >= 15 is 0 Å². The van der Waals surface area contributed by atoms with Crippen LogP contribution in [0.2, 0.25) is 0 Å². The van der Waals surface area contributed by atoms with Crippen LogP contribution in [0.1, 0.15) is 21.5 Å². The number of nitrogens with two attached hydrogens (primary N) is 2. The lowest BCUT2D eigenvalue weighted by Crippen LogP contribution is -2.03. The first-order chi connectivity index (χ1) is 8.08. The van der Waals surface area contributed by atoms with Crippen LogP contribution in [0.5, 0.6) is 0 Å². The van der Waals surface area contributed by atoms with Crippen molar-refractivity contribution < 1.29 is 4.79 Å². The Hall–Kier alpha value is -2.29. The first-order valence-corrected chi connectivity index (χ1v) is 5.34. The molecule has 3 heteroatoms. The summed E-state index contributed by atoms with van der Waals surface area (Å²) >= 11 is 0. The maximum absolute atomic E-state index is 12.2. The van der Waals surface area contributed by atoms with E-state index in [-0.39, 0.29) is 5.78 Å². The Morgan fingerprint density at radius 2 is 1.71 bits per heavy atom. The van der Waals surface area contributed by atoms with Crippen molar-refractivity contribution in [2.75, 3.05) is 11.5 Å². The average molecular weight is 226 g/mol. The highest BCUT2D eigenvalue weighted by atomic mass is 16.1. The molecule has 4 N–H and O–H groups in total. The lowest BCUT2D eigenvalue weighted by molar-refractivity contribution is 0.103. The molecule has 2 aromatic carbocycles. The Balaban J connectivity index is 2.40. The smallest absolute Gasteiger partial charge is 0.193 e. The summed E-state index contributed by atoms with van der Waals surface area (Å²) in [6.07, 6.45) is 0. The van der Waals surface area contributed by atoms with Gasteiger partial charge in [-0.25, -0.2) is 0 Å². The van der Waals surface area contributed by atoms with Gasteiger partial charge in [-0.05, 0) is 42.8 Å². The van der Waals surface area contributed by atoms with Gasteiger partial charge < -0.3 is 11.5 Å². The van der Waals surface area contributed by atoms with Crippen LogP contribution in [0.25, 0.3) is 0 Å². The van der Waals surface area contributed by atoms with E-state index in [2.05, 4.69) is 0 Å². The first kappa shape index (κ1) is 11.2. The Labute approximate surface area is 100 Å². The molecule has 0 unspecified atom stereocenters. The fourth-order valence-corrected chi connectivity index (χ4v) is 1.66. The highest BCUT2D eigenvalue weighted by Gasteiger charge is 2.09. The van der Waals surface area contributed by atoms with Crippen molar-refractivity contribution in [3.63, 3.8) is 0 Å². The third kappa shape index (κ3) is 2.28. The van der Waals surface area contributed by atoms with E-state index in [9.17, 15) is 4.79 Å². The van der Waals surface area contributed by atoms with Crippen molar-refractivity contribution in [2.45, 2.75) is 6.92 Å². The third-order valence-corrected chi connectivity index (χ3v) is 2.68. The van der Waals surface area contributed by atoms with E-state index in [1.165, 1.54) is 0 Å². The summed E-state index contributed by atoms with van der Waals surface area (Å²) in [6.45, 7) is 1.88. The van der Waals surface area contributed by atoms with Crippen molar-refractivity contribution in [3.05, 3.63) is 59.2 Å². The number of rotatable bonds is 2. The molecule has 0 fully saturated rings.